The summed E-state index contributed by atoms with van der Waals surface area (Å²) in [5.74, 6) is 1.76. The average Bonchev–Trinajstić information content (AvgIpc) is 2.97. The van der Waals surface area contributed by atoms with Crippen LogP contribution >= 0.6 is 24.0 Å². The molecular weight excluding hydrogens is 328 g/mol. The van der Waals surface area contributed by atoms with E-state index in [-0.39, 0.29) is 6.10 Å². The number of nitrogens with one attached hydrogen (secondary N) is 1. The highest BCUT2D eigenvalue weighted by Gasteiger charge is 2.22. The lowest BCUT2D eigenvalue weighted by atomic mass is 10.3. The van der Waals surface area contributed by atoms with Crippen LogP contribution in [0.4, 0.5) is 5.69 Å². The van der Waals surface area contributed by atoms with Gasteiger partial charge in [0.2, 0.25) is 0 Å². The lowest BCUT2D eigenvalue weighted by molar-refractivity contribution is 0.202. The molecule has 0 aliphatic carbocycles. The monoisotopic (exact) mass is 352 g/mol. The third kappa shape index (κ3) is 6.01. The minimum absolute atomic E-state index is 0.283. The number of benzene rings is 1. The van der Waals surface area contributed by atoms with Crippen LogP contribution in [0.3, 0.4) is 0 Å². The molecule has 0 spiro atoms. The molecule has 1 aromatic rings. The predicted octanol–water partition coefficient (Wildman–Crippen LogP) is 2.92. The third-order valence-corrected chi connectivity index (χ3v) is 4.46. The Balaban J connectivity index is 1.85. The van der Waals surface area contributed by atoms with E-state index in [0.717, 1.165) is 43.2 Å². The number of anilines is 1. The standard InChI is InChI=1S/C16H24N4OS2/c1-3-20-10-9-14(11-20)21-13-7-5-12(6-8-13)18-16(22)19-15(17)23-4-2/h5-8,14H,3-4,9-11H2,1-2H3,(H3,17,18,19,22). The first kappa shape index (κ1) is 18.0. The lowest BCUT2D eigenvalue weighted by Crippen LogP contribution is -2.24. The number of hydrogen-bond acceptors (Lipinski definition) is 4. The fraction of sp³-hybridized carbons (Fsp3) is 0.500. The third-order valence-electron chi connectivity index (χ3n) is 3.59. The summed E-state index contributed by atoms with van der Waals surface area (Å²) in [4.78, 5) is 6.52. The number of likely N-dealkylation sites (N-methyl/N-ethyl adjacent to an activating group) is 1. The molecule has 7 heteroatoms. The Morgan fingerprint density at radius 3 is 2.78 bits per heavy atom. The highest BCUT2D eigenvalue weighted by molar-refractivity contribution is 8.13. The van der Waals surface area contributed by atoms with Crippen molar-refractivity contribution in [2.45, 2.75) is 26.4 Å². The topological polar surface area (TPSA) is 62.9 Å². The number of rotatable bonds is 5. The van der Waals surface area contributed by atoms with Gasteiger partial charge in [-0.15, -0.1) is 0 Å². The van der Waals surface area contributed by atoms with Crippen molar-refractivity contribution < 1.29 is 4.74 Å². The maximum absolute atomic E-state index is 6.01. The molecule has 5 nitrogen and oxygen atoms in total. The molecular formula is C16H24N4OS2. The molecule has 1 aliphatic heterocycles. The van der Waals surface area contributed by atoms with Gasteiger partial charge in [-0.3, -0.25) is 4.90 Å². The fourth-order valence-electron chi connectivity index (χ4n) is 2.42. The molecule has 1 unspecified atom stereocenters. The van der Waals surface area contributed by atoms with E-state index in [2.05, 4.69) is 22.1 Å². The first-order valence-corrected chi connectivity index (χ1v) is 9.27. The second kappa shape index (κ2) is 9.10. The molecule has 1 fully saturated rings. The Kier molecular flexibility index (Phi) is 7.14. The summed E-state index contributed by atoms with van der Waals surface area (Å²) < 4.78 is 6.01. The van der Waals surface area contributed by atoms with Crippen molar-refractivity contribution in [2.24, 2.45) is 10.7 Å². The molecule has 2 rings (SSSR count). The van der Waals surface area contributed by atoms with Crippen molar-refractivity contribution in [2.75, 3.05) is 30.7 Å². The highest BCUT2D eigenvalue weighted by Crippen LogP contribution is 2.20. The zero-order valence-electron chi connectivity index (χ0n) is 13.6. The summed E-state index contributed by atoms with van der Waals surface area (Å²) in [6.45, 7) is 7.40. The van der Waals surface area contributed by atoms with Crippen LogP contribution in [-0.4, -0.2) is 46.7 Å². The summed E-state index contributed by atoms with van der Waals surface area (Å²) in [7, 11) is 0. The minimum atomic E-state index is 0.283. The largest absolute Gasteiger partial charge is 0.489 e. The Bertz CT molecular complexity index is 548. The van der Waals surface area contributed by atoms with Gasteiger partial charge in [0.15, 0.2) is 10.3 Å². The minimum Gasteiger partial charge on any atom is -0.489 e. The van der Waals surface area contributed by atoms with Crippen LogP contribution in [0.2, 0.25) is 0 Å². The van der Waals surface area contributed by atoms with Crippen LogP contribution < -0.4 is 15.8 Å². The first-order valence-electron chi connectivity index (χ1n) is 7.87. The maximum Gasteiger partial charge on any atom is 0.199 e. The van der Waals surface area contributed by atoms with Gasteiger partial charge in [-0.25, -0.2) is 0 Å². The van der Waals surface area contributed by atoms with Crippen molar-refractivity contribution >= 4 is 39.9 Å². The van der Waals surface area contributed by atoms with Gasteiger partial charge < -0.3 is 15.8 Å². The quantitative estimate of drug-likeness (QED) is 0.483. The molecule has 0 saturated carbocycles. The van der Waals surface area contributed by atoms with E-state index in [1.165, 1.54) is 11.8 Å². The van der Waals surface area contributed by atoms with Gasteiger partial charge in [0.1, 0.15) is 11.9 Å². The van der Waals surface area contributed by atoms with Crippen molar-refractivity contribution in [3.63, 3.8) is 0 Å². The number of likely N-dealkylation sites (tertiary alicyclic amines) is 1. The van der Waals surface area contributed by atoms with Gasteiger partial charge in [0.05, 0.1) is 0 Å². The van der Waals surface area contributed by atoms with E-state index >= 15 is 0 Å². The smallest absolute Gasteiger partial charge is 0.199 e. The average molecular weight is 353 g/mol. The predicted molar refractivity (Wildman–Crippen MR) is 104 cm³/mol. The van der Waals surface area contributed by atoms with E-state index in [9.17, 15) is 0 Å². The molecule has 1 aliphatic rings. The maximum atomic E-state index is 6.01. The second-order valence-corrected chi connectivity index (χ2v) is 6.93. The number of amidine groups is 1. The lowest BCUT2D eigenvalue weighted by Gasteiger charge is -2.15. The highest BCUT2D eigenvalue weighted by atomic mass is 32.2. The number of thiocarbonyl (C=S) groups is 1. The number of nitrogens with zero attached hydrogens (tertiary/aromatic N) is 2. The number of nitrogens with two attached hydrogens (primary N) is 1. The summed E-state index contributed by atoms with van der Waals surface area (Å²) in [5.41, 5.74) is 6.62. The van der Waals surface area contributed by atoms with Crippen LogP contribution in [0, 0.1) is 0 Å². The summed E-state index contributed by atoms with van der Waals surface area (Å²) in [6.07, 6.45) is 1.37. The van der Waals surface area contributed by atoms with Gasteiger partial charge in [-0.2, -0.15) is 4.99 Å². The van der Waals surface area contributed by atoms with E-state index in [0.29, 0.717) is 10.3 Å². The number of aliphatic imine (C=N–C) groups is 1. The molecule has 0 amide bonds. The molecule has 1 heterocycles. The Morgan fingerprint density at radius 1 is 1.43 bits per heavy atom. The summed E-state index contributed by atoms with van der Waals surface area (Å²) >= 11 is 6.64. The molecule has 23 heavy (non-hydrogen) atoms. The first-order chi connectivity index (χ1) is 11.1. The van der Waals surface area contributed by atoms with Crippen LogP contribution in [0.5, 0.6) is 5.75 Å². The molecule has 0 radical (unpaired) electrons. The summed E-state index contributed by atoms with van der Waals surface area (Å²) in [5, 5.41) is 3.90. The van der Waals surface area contributed by atoms with E-state index in [1.807, 2.05) is 31.2 Å². The molecule has 3 N–H and O–H groups in total. The molecule has 126 valence electrons. The van der Waals surface area contributed by atoms with Crippen molar-refractivity contribution in [1.29, 1.82) is 0 Å². The van der Waals surface area contributed by atoms with E-state index in [4.69, 9.17) is 22.7 Å². The van der Waals surface area contributed by atoms with Gasteiger partial charge in [-0.1, -0.05) is 25.6 Å². The van der Waals surface area contributed by atoms with Crippen molar-refractivity contribution in [3.8, 4) is 5.75 Å². The molecule has 1 aromatic carbocycles. The van der Waals surface area contributed by atoms with Crippen LogP contribution in [0.15, 0.2) is 29.3 Å². The second-order valence-electron chi connectivity index (χ2n) is 5.26. The fourth-order valence-corrected chi connectivity index (χ4v) is 3.15. The van der Waals surface area contributed by atoms with Crippen LogP contribution in [0.25, 0.3) is 0 Å². The van der Waals surface area contributed by atoms with Gasteiger partial charge >= 0.3 is 0 Å². The van der Waals surface area contributed by atoms with E-state index in [1.54, 1.807) is 0 Å². The molecule has 0 bridgehead atoms. The molecule has 1 atom stereocenters. The van der Waals surface area contributed by atoms with E-state index < -0.39 is 0 Å². The number of hydrogen-bond donors (Lipinski definition) is 2. The van der Waals surface area contributed by atoms with Crippen molar-refractivity contribution in [1.82, 2.24) is 4.90 Å². The SMILES string of the molecule is CCS/C(N)=N/C(=S)Nc1ccc(OC2CCN(CC)C2)cc1. The Morgan fingerprint density at radius 2 is 2.17 bits per heavy atom. The summed E-state index contributed by atoms with van der Waals surface area (Å²) in [6, 6.07) is 7.78. The van der Waals surface area contributed by atoms with Crippen LogP contribution in [-0.2, 0) is 0 Å². The number of thioether (sulfide) groups is 1. The Labute approximate surface area is 147 Å². The number of ether oxygens (including phenoxy) is 1. The van der Waals surface area contributed by atoms with Crippen molar-refractivity contribution in [3.05, 3.63) is 24.3 Å². The normalized spacial score (nSPS) is 18.9. The molecule has 0 aromatic heterocycles. The van der Waals surface area contributed by atoms with Gasteiger partial charge in [-0.05, 0) is 55.2 Å². The van der Waals surface area contributed by atoms with Gasteiger partial charge in [0, 0.05) is 18.8 Å². The zero-order valence-corrected chi connectivity index (χ0v) is 15.3. The zero-order chi connectivity index (χ0) is 16.7. The Hall–Kier alpha value is -1.31. The van der Waals surface area contributed by atoms with Gasteiger partial charge in [0.25, 0.3) is 0 Å². The van der Waals surface area contributed by atoms with Crippen LogP contribution in [0.1, 0.15) is 20.3 Å². The molecule has 1 saturated heterocycles.